The molecule has 1 N–H and O–H groups in total. The lowest BCUT2D eigenvalue weighted by molar-refractivity contribution is 0.479. The van der Waals surface area contributed by atoms with Crippen molar-refractivity contribution in [2.24, 2.45) is 0 Å². The molecule has 0 bridgehead atoms. The lowest BCUT2D eigenvalue weighted by Crippen LogP contribution is -2.09. The molecule has 0 aliphatic heterocycles. The average Bonchev–Trinajstić information content (AvgIpc) is 3.00. The molecule has 0 heterocycles. The first-order valence-electron chi connectivity index (χ1n) is 20.0. The maximum Gasteiger partial charge on any atom is 0.295 e. The van der Waals surface area contributed by atoms with Crippen molar-refractivity contribution in [3.63, 3.8) is 0 Å². The van der Waals surface area contributed by atoms with Crippen LogP contribution in [0.25, 0.3) is 0 Å². The van der Waals surface area contributed by atoms with Crippen molar-refractivity contribution in [3.8, 4) is 0 Å². The van der Waals surface area contributed by atoms with Gasteiger partial charge in [0.1, 0.15) is 4.90 Å². The van der Waals surface area contributed by atoms with E-state index in [4.69, 9.17) is 0 Å². The third kappa shape index (κ3) is 24.0. The van der Waals surface area contributed by atoms with Crippen LogP contribution in [0.15, 0.2) is 17.0 Å². The molecule has 0 aliphatic rings. The van der Waals surface area contributed by atoms with Crippen molar-refractivity contribution in [2.45, 2.75) is 231 Å². The van der Waals surface area contributed by atoms with Gasteiger partial charge in [0.05, 0.1) is 0 Å². The van der Waals surface area contributed by atoms with Gasteiger partial charge in [-0.1, -0.05) is 211 Å². The van der Waals surface area contributed by atoms with E-state index >= 15 is 0 Å². The highest BCUT2D eigenvalue weighted by Gasteiger charge is 2.20. The summed E-state index contributed by atoms with van der Waals surface area (Å²) in [5.74, 6) is 0. The molecule has 3 nitrogen and oxygen atoms in total. The average molecular weight is 649 g/mol. The van der Waals surface area contributed by atoms with Gasteiger partial charge in [0.15, 0.2) is 0 Å². The number of unbranched alkanes of at least 4 members (excludes halogenated alkanes) is 28. The van der Waals surface area contributed by atoms with Crippen molar-refractivity contribution in [2.75, 3.05) is 0 Å². The number of hydrogen-bond donors (Lipinski definition) is 1. The summed E-state index contributed by atoms with van der Waals surface area (Å²) >= 11 is 0. The van der Waals surface area contributed by atoms with E-state index in [9.17, 15) is 13.0 Å². The molecule has 264 valence electrons. The summed E-state index contributed by atoms with van der Waals surface area (Å²) in [4.78, 5) is 0.212. The minimum Gasteiger partial charge on any atom is -0.282 e. The SMILES string of the molecule is CCCCCCCCCCCCCCCCCCc1cc(C)cc(CCCCCCCCCCCCCCCC)c1S(=O)(=O)O. The molecule has 0 unspecified atom stereocenters. The standard InChI is InChI=1S/C41H76O3S/c1-4-6-8-10-12-14-16-18-20-21-23-25-27-29-31-33-35-40-37-38(3)36-39(41(40)45(42,43)44)34-32-30-28-26-24-22-19-17-15-13-11-9-7-5-2/h36-37H,4-35H2,1-3H3,(H,42,43,44). The Balaban J connectivity index is 2.21. The van der Waals surface area contributed by atoms with Gasteiger partial charge in [-0.05, 0) is 43.7 Å². The molecule has 0 spiro atoms. The van der Waals surface area contributed by atoms with Gasteiger partial charge in [-0.15, -0.1) is 0 Å². The smallest absolute Gasteiger partial charge is 0.282 e. The highest BCUT2D eigenvalue weighted by molar-refractivity contribution is 7.86. The normalized spacial score (nSPS) is 11.9. The van der Waals surface area contributed by atoms with Gasteiger partial charge in [-0.2, -0.15) is 8.42 Å². The summed E-state index contributed by atoms with van der Waals surface area (Å²) in [6.45, 7) is 6.61. The highest BCUT2D eigenvalue weighted by Crippen LogP contribution is 2.27. The van der Waals surface area contributed by atoms with Crippen LogP contribution in [-0.4, -0.2) is 13.0 Å². The minimum atomic E-state index is -4.22. The Bertz CT molecular complexity index is 908. The van der Waals surface area contributed by atoms with Crippen molar-refractivity contribution in [1.29, 1.82) is 0 Å². The largest absolute Gasteiger partial charge is 0.295 e. The van der Waals surface area contributed by atoms with Gasteiger partial charge in [0, 0.05) is 0 Å². The minimum absolute atomic E-state index is 0.212. The van der Waals surface area contributed by atoms with Crippen LogP contribution in [0.3, 0.4) is 0 Å². The lowest BCUT2D eigenvalue weighted by atomic mass is 9.97. The van der Waals surface area contributed by atoms with Crippen LogP contribution < -0.4 is 0 Å². The monoisotopic (exact) mass is 649 g/mol. The first kappa shape index (κ1) is 42.2. The van der Waals surface area contributed by atoms with Crippen LogP contribution in [0.1, 0.15) is 223 Å². The number of benzene rings is 1. The summed E-state index contributed by atoms with van der Waals surface area (Å²) in [5.41, 5.74) is 2.75. The topological polar surface area (TPSA) is 54.4 Å². The van der Waals surface area contributed by atoms with Crippen molar-refractivity contribution < 1.29 is 13.0 Å². The third-order valence-electron chi connectivity index (χ3n) is 9.74. The fraction of sp³-hybridized carbons (Fsp3) is 0.854. The molecular weight excluding hydrogens is 573 g/mol. The molecule has 1 rings (SSSR count). The van der Waals surface area contributed by atoms with Gasteiger partial charge in [0.25, 0.3) is 10.1 Å². The molecule has 0 saturated heterocycles. The molecule has 0 amide bonds. The Hall–Kier alpha value is -0.870. The Morgan fingerprint density at radius 2 is 0.644 bits per heavy atom. The van der Waals surface area contributed by atoms with E-state index in [1.54, 1.807) is 0 Å². The Kier molecular flexibility index (Phi) is 27.4. The predicted octanol–water partition coefficient (Wildman–Crippen LogP) is 14.1. The maximum absolute atomic E-state index is 12.5. The maximum atomic E-state index is 12.5. The zero-order valence-electron chi connectivity index (χ0n) is 30.5. The van der Waals surface area contributed by atoms with Crippen LogP contribution in [-0.2, 0) is 23.0 Å². The molecule has 0 aliphatic carbocycles. The molecule has 0 fully saturated rings. The summed E-state index contributed by atoms with van der Waals surface area (Å²) < 4.78 is 35.1. The second-order valence-electron chi connectivity index (χ2n) is 14.3. The van der Waals surface area contributed by atoms with E-state index in [1.165, 1.54) is 167 Å². The quantitative estimate of drug-likeness (QED) is 0.0609. The molecule has 1 aromatic carbocycles. The van der Waals surface area contributed by atoms with E-state index in [0.717, 1.165) is 55.2 Å². The van der Waals surface area contributed by atoms with Gasteiger partial charge < -0.3 is 0 Å². The predicted molar refractivity (Wildman–Crippen MR) is 198 cm³/mol. The van der Waals surface area contributed by atoms with Gasteiger partial charge in [-0.25, -0.2) is 0 Å². The summed E-state index contributed by atoms with van der Waals surface area (Å²) in [7, 11) is -4.22. The molecule has 0 atom stereocenters. The molecule has 0 radical (unpaired) electrons. The number of hydrogen-bond acceptors (Lipinski definition) is 2. The van der Waals surface area contributed by atoms with Crippen molar-refractivity contribution in [3.05, 3.63) is 28.8 Å². The number of rotatable bonds is 33. The van der Waals surface area contributed by atoms with Crippen LogP contribution >= 0.6 is 0 Å². The fourth-order valence-corrected chi connectivity index (χ4v) is 7.99. The van der Waals surface area contributed by atoms with Crippen LogP contribution in [0.5, 0.6) is 0 Å². The molecular formula is C41H76O3S. The van der Waals surface area contributed by atoms with Gasteiger partial charge in [-0.3, -0.25) is 4.55 Å². The van der Waals surface area contributed by atoms with Crippen LogP contribution in [0, 0.1) is 6.92 Å². The highest BCUT2D eigenvalue weighted by atomic mass is 32.2. The van der Waals surface area contributed by atoms with E-state index in [2.05, 4.69) is 20.8 Å². The first-order valence-corrected chi connectivity index (χ1v) is 21.4. The fourth-order valence-electron chi connectivity index (χ4n) is 7.00. The van der Waals surface area contributed by atoms with Crippen LogP contribution in [0.2, 0.25) is 0 Å². The van der Waals surface area contributed by atoms with E-state index < -0.39 is 10.1 Å². The molecule has 45 heavy (non-hydrogen) atoms. The van der Waals surface area contributed by atoms with Crippen molar-refractivity contribution in [1.82, 2.24) is 0 Å². The van der Waals surface area contributed by atoms with Crippen molar-refractivity contribution >= 4 is 10.1 Å². The van der Waals surface area contributed by atoms with E-state index in [0.29, 0.717) is 0 Å². The third-order valence-corrected chi connectivity index (χ3v) is 10.8. The second kappa shape index (κ2) is 29.3. The van der Waals surface area contributed by atoms with E-state index in [-0.39, 0.29) is 4.90 Å². The molecule has 0 saturated carbocycles. The zero-order valence-corrected chi connectivity index (χ0v) is 31.3. The zero-order chi connectivity index (χ0) is 32.9. The second-order valence-corrected chi connectivity index (χ2v) is 15.6. The summed E-state index contributed by atoms with van der Waals surface area (Å²) in [5, 5.41) is 0. The van der Waals surface area contributed by atoms with Gasteiger partial charge in [0.2, 0.25) is 0 Å². The van der Waals surface area contributed by atoms with E-state index in [1.807, 2.05) is 12.1 Å². The van der Waals surface area contributed by atoms with Crippen LogP contribution in [0.4, 0.5) is 0 Å². The summed E-state index contributed by atoms with van der Waals surface area (Å²) in [6.07, 6.45) is 41.2. The first-order chi connectivity index (χ1) is 21.9. The molecule has 1 aromatic rings. The Morgan fingerprint density at radius 1 is 0.422 bits per heavy atom. The molecule has 0 aromatic heterocycles. The summed E-state index contributed by atoms with van der Waals surface area (Å²) in [6, 6.07) is 3.98. The Labute approximate surface area is 282 Å². The van der Waals surface area contributed by atoms with Gasteiger partial charge >= 0.3 is 0 Å². The lowest BCUT2D eigenvalue weighted by Gasteiger charge is -2.14. The molecule has 4 heteroatoms. The number of aryl methyl sites for hydroxylation is 3. The Morgan fingerprint density at radius 3 is 0.867 bits per heavy atom.